The van der Waals surface area contributed by atoms with Crippen LogP contribution in [0, 0.1) is 23.7 Å². The zero-order chi connectivity index (χ0) is 50.0. The highest BCUT2D eigenvalue weighted by Crippen LogP contribution is 2.53. The van der Waals surface area contributed by atoms with Crippen molar-refractivity contribution in [1.29, 1.82) is 0 Å². The molecule has 380 valence electrons. The number of hydrogen-bond acceptors (Lipinski definition) is 11. The van der Waals surface area contributed by atoms with Crippen molar-refractivity contribution in [2.45, 2.75) is 138 Å². The maximum atomic E-state index is 14.2. The van der Waals surface area contributed by atoms with Crippen LogP contribution < -0.4 is 10.6 Å². The lowest BCUT2D eigenvalue weighted by Crippen LogP contribution is -2.67. The lowest BCUT2D eigenvalue weighted by Gasteiger charge is -2.49. The fourth-order valence-corrected chi connectivity index (χ4v) is 14.9. The van der Waals surface area contributed by atoms with Crippen LogP contribution >= 0.6 is 0 Å². The number of fused-ring (bicyclic) bond motifs is 2. The molecule has 10 aliphatic rings. The summed E-state index contributed by atoms with van der Waals surface area (Å²) in [6.45, 7) is 2.30. The van der Waals surface area contributed by atoms with Crippen molar-refractivity contribution in [2.24, 2.45) is 23.7 Å². The Labute approximate surface area is 423 Å². The van der Waals surface area contributed by atoms with Crippen LogP contribution in [-0.4, -0.2) is 120 Å². The molecule has 4 bridgehead atoms. The van der Waals surface area contributed by atoms with Gasteiger partial charge < -0.3 is 49.9 Å². The van der Waals surface area contributed by atoms with Gasteiger partial charge in [-0.15, -0.1) is 0 Å². The molecule has 0 spiro atoms. The van der Waals surface area contributed by atoms with Crippen molar-refractivity contribution in [3.63, 3.8) is 0 Å². The number of ether oxygens (including phenoxy) is 2. The van der Waals surface area contributed by atoms with Gasteiger partial charge in [0, 0.05) is 31.0 Å². The van der Waals surface area contributed by atoms with Gasteiger partial charge in [0.2, 0.25) is 18.2 Å². The zero-order valence-electron chi connectivity index (χ0n) is 41.5. The number of nitrogens with one attached hydrogen (secondary N) is 4. The first-order valence-corrected chi connectivity index (χ1v) is 26.5. The van der Waals surface area contributed by atoms with Gasteiger partial charge in [-0.3, -0.25) is 14.9 Å². The van der Waals surface area contributed by atoms with Crippen LogP contribution in [0.25, 0.3) is 44.3 Å². The number of carbonyl (C=O) groups excluding carboxylic acids is 3. The van der Waals surface area contributed by atoms with Gasteiger partial charge in [-0.1, -0.05) is 68.3 Å². The number of aliphatic hydroxyl groups is 3. The summed E-state index contributed by atoms with van der Waals surface area (Å²) in [5.74, 6) is 1.45. The number of imidazole rings is 2. The predicted octanol–water partition coefficient (Wildman–Crippen LogP) is 6.69. The average molecular weight is 989 g/mol. The molecule has 3 amide bonds. The number of alkyl carbamates (subject to hydrolysis) is 1. The number of aryl methyl sites for hydroxylation is 2. The molecular formula is C57H64N8O8. The fraction of sp³-hybridized carbons (Fsp3) is 0.491. The van der Waals surface area contributed by atoms with Crippen molar-refractivity contribution in [1.82, 2.24) is 40.4 Å². The van der Waals surface area contributed by atoms with Crippen LogP contribution in [0.15, 0.2) is 72.8 Å². The van der Waals surface area contributed by atoms with E-state index in [1.54, 1.807) is 0 Å². The van der Waals surface area contributed by atoms with Crippen LogP contribution in [-0.2, 0) is 38.3 Å². The van der Waals surface area contributed by atoms with Gasteiger partial charge in [0.15, 0.2) is 0 Å². The van der Waals surface area contributed by atoms with Crippen LogP contribution in [0.3, 0.4) is 0 Å². The van der Waals surface area contributed by atoms with E-state index >= 15 is 0 Å². The molecule has 4 saturated heterocycles. The van der Waals surface area contributed by atoms with Crippen molar-refractivity contribution in [3.8, 4) is 22.3 Å². The van der Waals surface area contributed by atoms with E-state index in [0.29, 0.717) is 0 Å². The predicted molar refractivity (Wildman–Crippen MR) is 272 cm³/mol. The molecule has 6 aliphatic carbocycles. The van der Waals surface area contributed by atoms with Crippen molar-refractivity contribution in [3.05, 3.63) is 107 Å². The number of benzene rings is 4. The molecule has 6 heterocycles. The monoisotopic (exact) mass is 988 g/mol. The third-order valence-electron chi connectivity index (χ3n) is 18.4. The van der Waals surface area contributed by atoms with Gasteiger partial charge in [0.1, 0.15) is 23.7 Å². The largest absolute Gasteiger partial charge is 0.453 e. The first kappa shape index (κ1) is 46.6. The number of aliphatic hydroxyl groups excluding tert-OH is 3. The van der Waals surface area contributed by atoms with Gasteiger partial charge >= 0.3 is 6.09 Å². The number of aromatic nitrogens is 4. The molecule has 4 aliphatic heterocycles. The van der Waals surface area contributed by atoms with Crippen molar-refractivity contribution >= 4 is 40.0 Å². The van der Waals surface area contributed by atoms with Gasteiger partial charge in [-0.2, -0.15) is 0 Å². The number of H-pyrrole nitrogens is 2. The summed E-state index contributed by atoms with van der Waals surface area (Å²) in [6.07, 6.45) is 5.61. The van der Waals surface area contributed by atoms with E-state index < -0.39 is 36.8 Å². The molecule has 0 radical (unpaired) electrons. The van der Waals surface area contributed by atoms with E-state index in [-0.39, 0.29) is 65.6 Å². The number of hydrogen-bond donors (Lipinski definition) is 7. The molecule has 14 atom stereocenters. The molecule has 7 N–H and O–H groups in total. The third kappa shape index (κ3) is 7.68. The Morgan fingerprint density at radius 2 is 1.29 bits per heavy atom. The molecular weight excluding hydrogens is 925 g/mol. The summed E-state index contributed by atoms with van der Waals surface area (Å²) in [7, 11) is 2.62. The number of aromatic amines is 2. The fourth-order valence-electron chi connectivity index (χ4n) is 14.9. The van der Waals surface area contributed by atoms with Crippen molar-refractivity contribution < 1.29 is 39.2 Å². The number of piperidine rings is 2. The minimum atomic E-state index is -1.37. The molecule has 6 aromatic rings. The molecule has 16 heteroatoms. The average Bonchev–Trinajstić information content (AvgIpc) is 4.21. The Kier molecular flexibility index (Phi) is 11.5. The molecule has 2 saturated carbocycles. The summed E-state index contributed by atoms with van der Waals surface area (Å²) in [6, 6.07) is 24.0. The first-order valence-electron chi connectivity index (χ1n) is 26.5. The second-order valence-corrected chi connectivity index (χ2v) is 22.2. The molecule has 4 aromatic carbocycles. The number of nitrogens with zero attached hydrogens (tertiary/aromatic N) is 4. The minimum absolute atomic E-state index is 0.0757. The van der Waals surface area contributed by atoms with E-state index in [2.05, 4.69) is 100 Å². The number of amides is 3. The van der Waals surface area contributed by atoms with Crippen LogP contribution in [0.4, 0.5) is 4.79 Å². The van der Waals surface area contributed by atoms with Gasteiger partial charge in [0.25, 0.3) is 0 Å². The lowest BCUT2D eigenvalue weighted by molar-refractivity contribution is -0.166. The molecule has 2 aromatic heterocycles. The summed E-state index contributed by atoms with van der Waals surface area (Å²) < 4.78 is 9.87. The van der Waals surface area contributed by atoms with E-state index in [1.165, 1.54) is 47.6 Å². The smallest absolute Gasteiger partial charge is 0.407 e. The minimum Gasteiger partial charge on any atom is -0.453 e. The summed E-state index contributed by atoms with van der Waals surface area (Å²) in [5, 5.41) is 38.5. The maximum absolute atomic E-state index is 14.2. The topological polar surface area (TPSA) is 218 Å². The Balaban J connectivity index is 0.771. The summed E-state index contributed by atoms with van der Waals surface area (Å²) >= 11 is 0. The van der Waals surface area contributed by atoms with Crippen LogP contribution in [0.1, 0.15) is 110 Å². The Bertz CT molecular complexity index is 3170. The van der Waals surface area contributed by atoms with E-state index in [0.717, 1.165) is 115 Å². The highest BCUT2D eigenvalue weighted by molar-refractivity contribution is 5.89. The van der Waals surface area contributed by atoms with Gasteiger partial charge in [-0.25, -0.2) is 14.8 Å². The van der Waals surface area contributed by atoms with E-state index in [4.69, 9.17) is 19.4 Å². The first-order chi connectivity index (χ1) is 35.4. The van der Waals surface area contributed by atoms with Gasteiger partial charge in [0.05, 0.1) is 53.5 Å². The van der Waals surface area contributed by atoms with E-state index in [9.17, 15) is 29.7 Å². The van der Waals surface area contributed by atoms with Crippen LogP contribution in [0.5, 0.6) is 0 Å². The zero-order valence-corrected chi connectivity index (χ0v) is 41.5. The van der Waals surface area contributed by atoms with Gasteiger partial charge in [-0.05, 0) is 144 Å². The second-order valence-electron chi connectivity index (χ2n) is 22.2. The van der Waals surface area contributed by atoms with Crippen molar-refractivity contribution in [2.75, 3.05) is 14.2 Å². The van der Waals surface area contributed by atoms with Crippen LogP contribution in [0.2, 0.25) is 0 Å². The third-order valence-corrected chi connectivity index (χ3v) is 18.4. The Hall–Kier alpha value is -6.17. The highest BCUT2D eigenvalue weighted by atomic mass is 16.6. The standard InChI is InChI=1S/C57H64N8O8/c1-27-20-31-13-11-28(21-38(31)32-16-18-40-42(23-32)60-52(58-40)44-25-34-6-4-8-36-48(34)64(44)54(68)46(50(36)66)62-56(70)72-2)10-12-29-14-15-30(27)22-39(29)33-17-19-41-43(24-33)61-53(59-41)45-26-35-7-5-9-37-49(35)65(45)55(69)47(51(37)67)63-57(71)73-3/h11,13-19,21-24,27,34-37,44-51,57,63,66-67,71H,4-10,12,20,25-26H2,1-3H3,(H,58,60)(H,59,61)(H,62,70)/t27-,34+,35+,36?,37?,44+,45+,46+,47+,48-,49-,50-,51-,57?/m1/s1. The summed E-state index contributed by atoms with van der Waals surface area (Å²) in [5.41, 5.74) is 13.1. The number of carbonyl (C=O) groups is 3. The normalized spacial score (nSPS) is 31.9. The van der Waals surface area contributed by atoms with E-state index in [1.807, 2.05) is 9.80 Å². The molecule has 16 rings (SSSR count). The molecule has 3 unspecified atom stereocenters. The lowest BCUT2D eigenvalue weighted by atomic mass is 9.71. The maximum Gasteiger partial charge on any atom is 0.407 e. The second kappa shape index (κ2) is 18.0. The summed E-state index contributed by atoms with van der Waals surface area (Å²) in [4.78, 5) is 62.0. The molecule has 6 fully saturated rings. The molecule has 73 heavy (non-hydrogen) atoms. The molecule has 16 nitrogen and oxygen atoms in total. The Morgan fingerprint density at radius 3 is 1.89 bits per heavy atom. The Morgan fingerprint density at radius 1 is 0.712 bits per heavy atom. The quantitative estimate of drug-likeness (QED) is 0.0798. The number of rotatable bonds is 8. The number of methoxy groups -OCH3 is 2. The highest BCUT2D eigenvalue weighted by Gasteiger charge is 2.60. The SMILES string of the molecule is COC(=O)N[C@@H]1C(=O)N2[C@H](c3nc4ccc(-c5cc6ccc5C[C@@H](C)c5ccc(c(-c7ccc8nc([C@@H]9C[C@@H]%10CCCC%11[C@@H](O)[C@H](NC(O)OC)C(=O)N9[C@@H]%11%10)[nH]c8c7)c5)CC6)cc4[nH]3)C[C@@H]3CCCC([C@H]1O)[C@@H]32.